The van der Waals surface area contributed by atoms with Gasteiger partial charge in [-0.2, -0.15) is 0 Å². The van der Waals surface area contributed by atoms with Crippen LogP contribution in [0.25, 0.3) is 0 Å². The van der Waals surface area contributed by atoms with Crippen molar-refractivity contribution in [1.29, 1.82) is 0 Å². The van der Waals surface area contributed by atoms with Gasteiger partial charge in [0, 0.05) is 30.0 Å². The maximum absolute atomic E-state index is 12.4. The Morgan fingerprint density at radius 1 is 1.29 bits per heavy atom. The van der Waals surface area contributed by atoms with Gasteiger partial charge in [-0.15, -0.1) is 11.3 Å². The summed E-state index contributed by atoms with van der Waals surface area (Å²) >= 11 is 7.37. The summed E-state index contributed by atoms with van der Waals surface area (Å²) in [6.45, 7) is 3.84. The third kappa shape index (κ3) is 4.93. The van der Waals surface area contributed by atoms with Crippen molar-refractivity contribution in [3.05, 3.63) is 45.4 Å². The number of thiazole rings is 1. The molecule has 1 aliphatic rings. The number of rotatable bonds is 5. The molecule has 1 aromatic heterocycles. The maximum Gasteiger partial charge on any atom is 0.228 e. The van der Waals surface area contributed by atoms with E-state index in [9.17, 15) is 4.79 Å². The molecule has 0 radical (unpaired) electrons. The lowest BCUT2D eigenvalue weighted by Gasteiger charge is -2.19. The van der Waals surface area contributed by atoms with Crippen LogP contribution < -0.4 is 10.1 Å². The topological polar surface area (TPSA) is 54.5 Å². The van der Waals surface area contributed by atoms with E-state index in [1.807, 2.05) is 22.4 Å². The second-order valence-electron chi connectivity index (χ2n) is 5.64. The normalized spacial score (nSPS) is 15.1. The Labute approximate surface area is 150 Å². The van der Waals surface area contributed by atoms with Crippen molar-refractivity contribution in [3.8, 4) is 5.75 Å². The van der Waals surface area contributed by atoms with Crippen molar-refractivity contribution in [3.63, 3.8) is 0 Å². The van der Waals surface area contributed by atoms with E-state index in [-0.39, 0.29) is 5.91 Å². The van der Waals surface area contributed by atoms with Gasteiger partial charge in [0.2, 0.25) is 5.91 Å². The summed E-state index contributed by atoms with van der Waals surface area (Å²) in [5, 5.41) is 6.79. The van der Waals surface area contributed by atoms with Crippen LogP contribution in [0.3, 0.4) is 0 Å². The first-order valence-corrected chi connectivity index (χ1v) is 9.26. The summed E-state index contributed by atoms with van der Waals surface area (Å²) in [5.41, 5.74) is 0.817. The molecule has 1 saturated heterocycles. The smallest absolute Gasteiger partial charge is 0.228 e. The zero-order chi connectivity index (χ0) is 16.8. The third-order valence-electron chi connectivity index (χ3n) is 3.80. The fraction of sp³-hybridized carbons (Fsp3) is 0.412. The first-order chi connectivity index (χ1) is 11.7. The van der Waals surface area contributed by atoms with Crippen LogP contribution >= 0.6 is 22.9 Å². The Hall–Kier alpha value is -1.63. The number of nitrogens with zero attached hydrogens (tertiary/aromatic N) is 2. The number of hydrogen-bond acceptors (Lipinski definition) is 5. The number of hydrogen-bond donors (Lipinski definition) is 1. The molecule has 5 nitrogen and oxygen atoms in total. The van der Waals surface area contributed by atoms with Gasteiger partial charge in [0.05, 0.1) is 12.1 Å². The van der Waals surface area contributed by atoms with Gasteiger partial charge in [-0.1, -0.05) is 11.6 Å². The zero-order valence-electron chi connectivity index (χ0n) is 13.3. The van der Waals surface area contributed by atoms with Crippen molar-refractivity contribution < 1.29 is 9.53 Å². The van der Waals surface area contributed by atoms with Gasteiger partial charge in [0.25, 0.3) is 0 Å². The minimum atomic E-state index is 0.147. The summed E-state index contributed by atoms with van der Waals surface area (Å²) in [4.78, 5) is 18.8. The number of nitrogens with one attached hydrogen (secondary N) is 1. The first-order valence-electron chi connectivity index (χ1n) is 8.01. The van der Waals surface area contributed by atoms with Gasteiger partial charge in [-0.05, 0) is 37.2 Å². The van der Waals surface area contributed by atoms with Crippen molar-refractivity contribution in [2.75, 3.05) is 26.2 Å². The molecule has 3 rings (SSSR count). The molecule has 0 spiro atoms. The number of halogens is 1. The average molecular weight is 366 g/mol. The summed E-state index contributed by atoms with van der Waals surface area (Å²) < 4.78 is 5.68. The zero-order valence-corrected chi connectivity index (χ0v) is 14.9. The molecular formula is C17H20ClN3O2S. The third-order valence-corrected chi connectivity index (χ3v) is 4.92. The van der Waals surface area contributed by atoms with Gasteiger partial charge in [0.1, 0.15) is 17.4 Å². The molecular weight excluding hydrogens is 346 g/mol. The van der Waals surface area contributed by atoms with Crippen molar-refractivity contribution in [1.82, 2.24) is 15.2 Å². The number of amides is 1. The fourth-order valence-corrected chi connectivity index (χ4v) is 3.37. The molecule has 1 fully saturated rings. The molecule has 1 aliphatic heterocycles. The van der Waals surface area contributed by atoms with E-state index in [1.165, 1.54) is 11.3 Å². The van der Waals surface area contributed by atoms with E-state index in [2.05, 4.69) is 10.3 Å². The summed E-state index contributed by atoms with van der Waals surface area (Å²) in [6.07, 6.45) is 1.36. The van der Waals surface area contributed by atoms with Gasteiger partial charge in [-0.3, -0.25) is 4.79 Å². The highest BCUT2D eigenvalue weighted by Gasteiger charge is 2.17. The van der Waals surface area contributed by atoms with Crippen molar-refractivity contribution in [2.24, 2.45) is 0 Å². The molecule has 2 aromatic rings. The van der Waals surface area contributed by atoms with Crippen LogP contribution in [0.5, 0.6) is 5.75 Å². The fourth-order valence-electron chi connectivity index (χ4n) is 2.53. The Bertz CT molecular complexity index is 667. The largest absolute Gasteiger partial charge is 0.486 e. The van der Waals surface area contributed by atoms with E-state index in [0.29, 0.717) is 18.1 Å². The van der Waals surface area contributed by atoms with Gasteiger partial charge >= 0.3 is 0 Å². The summed E-state index contributed by atoms with van der Waals surface area (Å²) in [5.74, 6) is 0.901. The molecule has 0 saturated carbocycles. The molecule has 1 aromatic carbocycles. The number of aromatic nitrogens is 1. The number of benzene rings is 1. The molecule has 0 unspecified atom stereocenters. The van der Waals surface area contributed by atoms with Crippen LogP contribution in [0.1, 0.15) is 17.1 Å². The number of carbonyl (C=O) groups excluding carboxylic acids is 1. The molecule has 1 N–H and O–H groups in total. The van der Waals surface area contributed by atoms with Crippen LogP contribution in [0.2, 0.25) is 5.02 Å². The Morgan fingerprint density at radius 3 is 2.96 bits per heavy atom. The predicted octanol–water partition coefficient (Wildman–Crippen LogP) is 2.74. The van der Waals surface area contributed by atoms with E-state index >= 15 is 0 Å². The molecule has 0 aliphatic carbocycles. The average Bonchev–Trinajstić information content (AvgIpc) is 2.85. The van der Waals surface area contributed by atoms with E-state index < -0.39 is 0 Å². The molecule has 128 valence electrons. The highest BCUT2D eigenvalue weighted by atomic mass is 35.5. The molecule has 0 bridgehead atoms. The predicted molar refractivity (Wildman–Crippen MR) is 95.7 cm³/mol. The van der Waals surface area contributed by atoms with Crippen LogP contribution in [0.15, 0.2) is 29.6 Å². The molecule has 7 heteroatoms. The first kappa shape index (κ1) is 17.2. The summed E-state index contributed by atoms with van der Waals surface area (Å²) in [6, 6.07) is 7.24. The van der Waals surface area contributed by atoms with E-state index in [4.69, 9.17) is 16.3 Å². The lowest BCUT2D eigenvalue weighted by Crippen LogP contribution is -2.35. The van der Waals surface area contributed by atoms with Crippen LogP contribution in [0, 0.1) is 0 Å². The molecule has 1 amide bonds. The standard InChI is InChI=1S/C17H20ClN3O2S/c18-13-2-4-15(5-3-13)23-11-16-20-14(12-24-16)10-17(22)21-8-1-6-19-7-9-21/h2-5,12,19H,1,6-11H2. The Kier molecular flexibility index (Phi) is 6.07. The second-order valence-corrected chi connectivity index (χ2v) is 7.02. The Balaban J connectivity index is 1.51. The van der Waals surface area contributed by atoms with E-state index in [1.54, 1.807) is 12.1 Å². The number of ether oxygens (including phenoxy) is 1. The summed E-state index contributed by atoms with van der Waals surface area (Å²) in [7, 11) is 0. The highest BCUT2D eigenvalue weighted by Crippen LogP contribution is 2.18. The highest BCUT2D eigenvalue weighted by molar-refractivity contribution is 7.09. The lowest BCUT2D eigenvalue weighted by molar-refractivity contribution is -0.130. The SMILES string of the molecule is O=C(Cc1csc(COc2ccc(Cl)cc2)n1)N1CCCNCC1. The van der Waals surface area contributed by atoms with Gasteiger partial charge in [0.15, 0.2) is 0 Å². The number of carbonyl (C=O) groups is 1. The second kappa shape index (κ2) is 8.46. The monoisotopic (exact) mass is 365 g/mol. The van der Waals surface area contributed by atoms with Crippen LogP contribution in [-0.4, -0.2) is 42.0 Å². The minimum Gasteiger partial charge on any atom is -0.486 e. The lowest BCUT2D eigenvalue weighted by atomic mass is 10.3. The molecule has 24 heavy (non-hydrogen) atoms. The quantitative estimate of drug-likeness (QED) is 0.885. The van der Waals surface area contributed by atoms with Gasteiger partial charge < -0.3 is 15.0 Å². The Morgan fingerprint density at radius 2 is 2.12 bits per heavy atom. The molecule has 0 atom stereocenters. The molecule has 2 heterocycles. The minimum absolute atomic E-state index is 0.147. The van der Waals surface area contributed by atoms with Crippen LogP contribution in [0.4, 0.5) is 0 Å². The van der Waals surface area contributed by atoms with E-state index in [0.717, 1.165) is 49.1 Å². The maximum atomic E-state index is 12.4. The van der Waals surface area contributed by atoms with Gasteiger partial charge in [-0.25, -0.2) is 4.98 Å². The van der Waals surface area contributed by atoms with Crippen molar-refractivity contribution >= 4 is 28.8 Å². The van der Waals surface area contributed by atoms with Crippen molar-refractivity contribution in [2.45, 2.75) is 19.4 Å². The van der Waals surface area contributed by atoms with Crippen LogP contribution in [-0.2, 0) is 17.8 Å².